The van der Waals surface area contributed by atoms with E-state index in [-0.39, 0.29) is 18.0 Å². The number of hydrogen-bond donors (Lipinski definition) is 0. The highest BCUT2D eigenvalue weighted by molar-refractivity contribution is 5.97. The minimum absolute atomic E-state index is 0.0300. The molecule has 0 atom stereocenters. The first-order valence-corrected chi connectivity index (χ1v) is 6.54. The Morgan fingerprint density at radius 2 is 1.85 bits per heavy atom. The maximum Gasteiger partial charge on any atom is 0.348 e. The first-order valence-electron chi connectivity index (χ1n) is 6.54. The molecule has 0 radical (unpaired) electrons. The third-order valence-electron chi connectivity index (χ3n) is 3.34. The number of carbonyl (C=O) groups is 1. The fourth-order valence-corrected chi connectivity index (χ4v) is 2.23. The van der Waals surface area contributed by atoms with Gasteiger partial charge in [0.25, 0.3) is 0 Å². The third-order valence-corrected chi connectivity index (χ3v) is 3.34. The van der Waals surface area contributed by atoms with Crippen molar-refractivity contribution >= 4 is 5.78 Å². The van der Waals surface area contributed by atoms with Crippen LogP contribution in [0.15, 0.2) is 29.1 Å². The fourth-order valence-electron chi connectivity index (χ4n) is 2.23. The topological polar surface area (TPSA) is 52.0 Å². The number of benzene rings is 1. The molecule has 4 heteroatoms. The Morgan fingerprint density at radius 3 is 2.50 bits per heavy atom. The summed E-state index contributed by atoms with van der Waals surface area (Å²) in [4.78, 5) is 28.1. The van der Waals surface area contributed by atoms with Gasteiger partial charge >= 0.3 is 5.69 Å². The van der Waals surface area contributed by atoms with Crippen LogP contribution < -0.4 is 5.69 Å². The molecular weight excluding hydrogens is 252 g/mol. The van der Waals surface area contributed by atoms with Crippen LogP contribution in [0.25, 0.3) is 0 Å². The van der Waals surface area contributed by atoms with Gasteiger partial charge in [-0.2, -0.15) is 4.98 Å². The van der Waals surface area contributed by atoms with Crippen molar-refractivity contribution in [2.45, 2.75) is 34.2 Å². The Bertz CT molecular complexity index is 730. The van der Waals surface area contributed by atoms with Gasteiger partial charge in [-0.25, -0.2) is 4.79 Å². The molecule has 0 bridgehead atoms. The molecule has 104 valence electrons. The normalized spacial score (nSPS) is 10.6. The molecule has 0 saturated carbocycles. The van der Waals surface area contributed by atoms with E-state index in [9.17, 15) is 9.59 Å². The molecule has 1 heterocycles. The van der Waals surface area contributed by atoms with Crippen molar-refractivity contribution in [3.05, 3.63) is 62.8 Å². The van der Waals surface area contributed by atoms with Crippen molar-refractivity contribution in [3.63, 3.8) is 0 Å². The van der Waals surface area contributed by atoms with Crippen LogP contribution in [0.3, 0.4) is 0 Å². The minimum atomic E-state index is -0.374. The van der Waals surface area contributed by atoms with Crippen molar-refractivity contribution in [2.24, 2.45) is 0 Å². The van der Waals surface area contributed by atoms with Crippen molar-refractivity contribution in [3.8, 4) is 0 Å². The Balaban J connectivity index is 2.38. The molecule has 4 nitrogen and oxygen atoms in total. The Kier molecular flexibility index (Phi) is 3.84. The van der Waals surface area contributed by atoms with Crippen LogP contribution in [0.4, 0.5) is 0 Å². The second-order valence-electron chi connectivity index (χ2n) is 5.15. The van der Waals surface area contributed by atoms with E-state index in [1.54, 1.807) is 13.0 Å². The summed E-state index contributed by atoms with van der Waals surface area (Å²) in [6, 6.07) is 7.56. The molecule has 0 N–H and O–H groups in total. The molecule has 1 aromatic carbocycles. The molecule has 0 fully saturated rings. The van der Waals surface area contributed by atoms with Gasteiger partial charge in [0.2, 0.25) is 0 Å². The lowest BCUT2D eigenvalue weighted by Crippen LogP contribution is -2.29. The van der Waals surface area contributed by atoms with Crippen molar-refractivity contribution < 1.29 is 4.79 Å². The summed E-state index contributed by atoms with van der Waals surface area (Å²) in [5, 5.41) is 0. The minimum Gasteiger partial charge on any atom is -0.292 e. The van der Waals surface area contributed by atoms with E-state index < -0.39 is 0 Å². The molecule has 0 amide bonds. The molecule has 0 spiro atoms. The van der Waals surface area contributed by atoms with Gasteiger partial charge in [-0.15, -0.1) is 0 Å². The summed E-state index contributed by atoms with van der Waals surface area (Å²) >= 11 is 0. The number of Topliss-reactive ketones (excluding diaryl/α,β-unsaturated/α-hetero) is 1. The smallest absolute Gasteiger partial charge is 0.292 e. The first-order chi connectivity index (χ1) is 9.38. The average Bonchev–Trinajstić information content (AvgIpc) is 2.36. The van der Waals surface area contributed by atoms with Crippen LogP contribution in [0.2, 0.25) is 0 Å². The maximum atomic E-state index is 12.4. The number of aromatic nitrogens is 2. The molecule has 0 aliphatic heterocycles. The van der Waals surface area contributed by atoms with Crippen LogP contribution in [-0.4, -0.2) is 15.3 Å². The molecule has 0 aliphatic carbocycles. The Hall–Kier alpha value is -2.23. The van der Waals surface area contributed by atoms with Gasteiger partial charge < -0.3 is 0 Å². The number of ketones is 1. The molecule has 0 unspecified atom stereocenters. The largest absolute Gasteiger partial charge is 0.348 e. The molecule has 2 aromatic rings. The lowest BCUT2D eigenvalue weighted by Gasteiger charge is -2.11. The van der Waals surface area contributed by atoms with Gasteiger partial charge in [-0.3, -0.25) is 9.36 Å². The van der Waals surface area contributed by atoms with E-state index in [2.05, 4.69) is 4.98 Å². The highest BCUT2D eigenvalue weighted by Gasteiger charge is 2.13. The van der Waals surface area contributed by atoms with Gasteiger partial charge in [0.15, 0.2) is 5.78 Å². The van der Waals surface area contributed by atoms with Crippen LogP contribution >= 0.6 is 0 Å². The molecule has 0 aliphatic rings. The quantitative estimate of drug-likeness (QED) is 0.804. The molecule has 2 rings (SSSR count). The predicted molar refractivity (Wildman–Crippen MR) is 78.2 cm³/mol. The molecule has 20 heavy (non-hydrogen) atoms. The van der Waals surface area contributed by atoms with E-state index >= 15 is 0 Å². The second-order valence-corrected chi connectivity index (χ2v) is 5.15. The summed E-state index contributed by atoms with van der Waals surface area (Å²) in [5.41, 5.74) is 3.67. The lowest BCUT2D eigenvalue weighted by atomic mass is 10.0. The SMILES string of the molecule is Cc1ccc(C)c(C(=O)Cn2c(C)cc(C)nc2=O)c1. The summed E-state index contributed by atoms with van der Waals surface area (Å²) < 4.78 is 1.41. The van der Waals surface area contributed by atoms with Crippen molar-refractivity contribution in [1.29, 1.82) is 0 Å². The second kappa shape index (κ2) is 5.41. The summed E-state index contributed by atoms with van der Waals surface area (Å²) in [6.07, 6.45) is 0. The standard InChI is InChI=1S/C16H18N2O2/c1-10-5-6-11(2)14(7-10)15(19)9-18-13(4)8-12(3)17-16(18)20/h5-8H,9H2,1-4H3. The zero-order valence-electron chi connectivity index (χ0n) is 12.2. The van der Waals surface area contributed by atoms with Crippen LogP contribution in [0.5, 0.6) is 0 Å². The number of hydrogen-bond acceptors (Lipinski definition) is 3. The van der Waals surface area contributed by atoms with Crippen molar-refractivity contribution in [2.75, 3.05) is 0 Å². The van der Waals surface area contributed by atoms with Crippen LogP contribution in [0, 0.1) is 27.7 Å². The zero-order chi connectivity index (χ0) is 14.9. The van der Waals surface area contributed by atoms with Gasteiger partial charge in [0, 0.05) is 17.0 Å². The molecule has 0 saturated heterocycles. The number of aryl methyl sites for hydroxylation is 4. The van der Waals surface area contributed by atoms with E-state index in [0.717, 1.165) is 16.8 Å². The number of rotatable bonds is 3. The summed E-state index contributed by atoms with van der Waals surface area (Å²) in [6.45, 7) is 7.46. The average molecular weight is 270 g/mol. The van der Waals surface area contributed by atoms with Crippen molar-refractivity contribution in [1.82, 2.24) is 9.55 Å². The van der Waals surface area contributed by atoms with Gasteiger partial charge in [0.05, 0.1) is 6.54 Å². The molecule has 1 aromatic heterocycles. The van der Waals surface area contributed by atoms with E-state index in [0.29, 0.717) is 11.3 Å². The summed E-state index contributed by atoms with van der Waals surface area (Å²) in [7, 11) is 0. The highest BCUT2D eigenvalue weighted by atomic mass is 16.2. The Labute approximate surface area is 118 Å². The third kappa shape index (κ3) is 2.85. The van der Waals surface area contributed by atoms with E-state index in [1.165, 1.54) is 4.57 Å². The van der Waals surface area contributed by atoms with Gasteiger partial charge in [-0.1, -0.05) is 17.7 Å². The van der Waals surface area contributed by atoms with E-state index in [4.69, 9.17) is 0 Å². The van der Waals surface area contributed by atoms with E-state index in [1.807, 2.05) is 39.0 Å². The van der Waals surface area contributed by atoms with Crippen LogP contribution in [-0.2, 0) is 6.54 Å². The predicted octanol–water partition coefficient (Wildman–Crippen LogP) is 2.36. The monoisotopic (exact) mass is 270 g/mol. The fraction of sp³-hybridized carbons (Fsp3) is 0.312. The summed E-state index contributed by atoms with van der Waals surface area (Å²) in [5.74, 6) is -0.0675. The van der Waals surface area contributed by atoms with Gasteiger partial charge in [0.1, 0.15) is 0 Å². The first kappa shape index (κ1) is 14.2. The Morgan fingerprint density at radius 1 is 1.15 bits per heavy atom. The van der Waals surface area contributed by atoms with Gasteiger partial charge in [-0.05, 0) is 45.4 Å². The lowest BCUT2D eigenvalue weighted by molar-refractivity contribution is 0.0968. The number of carbonyl (C=O) groups excluding carboxylic acids is 1. The zero-order valence-corrected chi connectivity index (χ0v) is 12.2. The maximum absolute atomic E-state index is 12.4. The number of nitrogens with zero attached hydrogens (tertiary/aromatic N) is 2. The molecular formula is C16H18N2O2. The highest BCUT2D eigenvalue weighted by Crippen LogP contribution is 2.12. The van der Waals surface area contributed by atoms with Crippen LogP contribution in [0.1, 0.15) is 32.9 Å².